The molecule has 0 unspecified atom stereocenters. The second-order valence-electron chi connectivity index (χ2n) is 17.4. The van der Waals surface area contributed by atoms with E-state index in [0.29, 0.717) is 44.4 Å². The van der Waals surface area contributed by atoms with Gasteiger partial charge in [0.1, 0.15) is 5.52 Å². The standard InChI is InChI=1S/C41H56N8O2/c1-27(2)48-26-43-34-24-33(45-38(37(34)48)44-29-8-9-29)28-7-10-32-35(21-28)49(31-22-30(23-31)46-17-5-4-6-18-46)39(51)41(32)13-19-47(20-14-41)36(50)25-40(3)11-15-42-16-12-40/h7,10,21,24,26-27,29-31,42H,4-6,8-9,11-20,22-23,25H2,1-3H3,(H,44,45)/t30-,31+. The zero-order valence-corrected chi connectivity index (χ0v) is 30.9. The van der Waals surface area contributed by atoms with Gasteiger partial charge in [0.05, 0.1) is 23.0 Å². The third kappa shape index (κ3) is 5.94. The summed E-state index contributed by atoms with van der Waals surface area (Å²) in [6.45, 7) is 12.3. The van der Waals surface area contributed by atoms with Gasteiger partial charge in [-0.3, -0.25) is 9.59 Å². The van der Waals surface area contributed by atoms with Crippen LogP contribution >= 0.6 is 0 Å². The number of amides is 2. The molecular weight excluding hydrogens is 637 g/mol. The number of anilines is 2. The topological polar surface area (TPSA) is 98.6 Å². The average molecular weight is 693 g/mol. The van der Waals surface area contributed by atoms with Crippen molar-refractivity contribution in [2.75, 3.05) is 49.5 Å². The lowest BCUT2D eigenvalue weighted by molar-refractivity contribution is -0.138. The number of hydrogen-bond donors (Lipinski definition) is 2. The molecule has 10 heteroatoms. The molecule has 3 aromatic rings. The average Bonchev–Trinajstić information content (AvgIpc) is 3.78. The van der Waals surface area contributed by atoms with Crippen molar-refractivity contribution in [3.63, 3.8) is 0 Å². The van der Waals surface area contributed by atoms with Crippen LogP contribution in [0.4, 0.5) is 11.5 Å². The summed E-state index contributed by atoms with van der Waals surface area (Å²) >= 11 is 0. The monoisotopic (exact) mass is 692 g/mol. The molecule has 1 spiro atoms. The van der Waals surface area contributed by atoms with E-state index in [1.165, 1.54) is 45.2 Å². The number of carbonyl (C=O) groups excluding carboxylic acids is 2. The van der Waals surface area contributed by atoms with Gasteiger partial charge in [0, 0.05) is 54.9 Å². The van der Waals surface area contributed by atoms with Gasteiger partial charge >= 0.3 is 0 Å². The molecule has 5 fully saturated rings. The molecule has 6 heterocycles. The molecule has 0 bridgehead atoms. The maximum Gasteiger partial charge on any atom is 0.238 e. The van der Waals surface area contributed by atoms with Crippen LogP contribution in [0.15, 0.2) is 30.6 Å². The van der Waals surface area contributed by atoms with Crippen LogP contribution in [0.2, 0.25) is 0 Å². The zero-order chi connectivity index (χ0) is 34.9. The van der Waals surface area contributed by atoms with Crippen molar-refractivity contribution < 1.29 is 9.59 Å². The number of imidazole rings is 1. The summed E-state index contributed by atoms with van der Waals surface area (Å²) in [4.78, 5) is 45.6. The molecule has 6 aliphatic rings. The van der Waals surface area contributed by atoms with Crippen molar-refractivity contribution in [2.24, 2.45) is 5.41 Å². The number of rotatable bonds is 8. The quantitative estimate of drug-likeness (QED) is 0.288. The number of fused-ring (bicyclic) bond motifs is 3. The van der Waals surface area contributed by atoms with E-state index in [1.54, 1.807) is 0 Å². The van der Waals surface area contributed by atoms with Crippen LogP contribution in [0.25, 0.3) is 22.3 Å². The summed E-state index contributed by atoms with van der Waals surface area (Å²) in [7, 11) is 0. The highest BCUT2D eigenvalue weighted by Crippen LogP contribution is 2.52. The van der Waals surface area contributed by atoms with Gasteiger partial charge in [0.2, 0.25) is 11.8 Å². The minimum absolute atomic E-state index is 0.0631. The van der Waals surface area contributed by atoms with Crippen LogP contribution in [0, 0.1) is 5.41 Å². The third-order valence-electron chi connectivity index (χ3n) is 13.4. The molecule has 2 amide bonds. The van der Waals surface area contributed by atoms with Crippen molar-refractivity contribution in [3.05, 3.63) is 36.2 Å². The largest absolute Gasteiger partial charge is 0.366 e. The van der Waals surface area contributed by atoms with E-state index in [-0.39, 0.29) is 29.3 Å². The van der Waals surface area contributed by atoms with E-state index in [4.69, 9.17) is 9.97 Å². The maximum absolute atomic E-state index is 14.9. The van der Waals surface area contributed by atoms with E-state index in [9.17, 15) is 9.59 Å². The van der Waals surface area contributed by atoms with Crippen LogP contribution in [0.3, 0.4) is 0 Å². The third-order valence-corrected chi connectivity index (χ3v) is 13.4. The number of pyridine rings is 1. The summed E-state index contributed by atoms with van der Waals surface area (Å²) in [5, 5.41) is 7.14. The zero-order valence-electron chi connectivity index (χ0n) is 30.9. The Balaban J connectivity index is 1.03. The molecule has 0 radical (unpaired) electrons. The van der Waals surface area contributed by atoms with Gasteiger partial charge in [0.15, 0.2) is 5.82 Å². The Bertz CT molecular complexity index is 1800. The van der Waals surface area contributed by atoms with Crippen molar-refractivity contribution in [1.82, 2.24) is 29.7 Å². The maximum atomic E-state index is 14.9. The number of nitrogens with one attached hydrogen (secondary N) is 2. The van der Waals surface area contributed by atoms with Crippen LogP contribution in [-0.2, 0) is 15.0 Å². The van der Waals surface area contributed by atoms with E-state index in [2.05, 4.69) is 74.9 Å². The molecule has 1 aromatic carbocycles. The first-order chi connectivity index (χ1) is 24.7. The molecule has 51 heavy (non-hydrogen) atoms. The van der Waals surface area contributed by atoms with Crippen LogP contribution in [0.1, 0.15) is 109 Å². The first kappa shape index (κ1) is 33.3. The van der Waals surface area contributed by atoms with Gasteiger partial charge < -0.3 is 29.9 Å². The highest BCUT2D eigenvalue weighted by Gasteiger charge is 2.56. The Hall–Kier alpha value is -3.50. The fourth-order valence-corrected chi connectivity index (χ4v) is 9.89. The summed E-state index contributed by atoms with van der Waals surface area (Å²) in [5.41, 5.74) is 5.62. The number of likely N-dealkylation sites (tertiary alicyclic amines) is 2. The Labute approximate surface area is 302 Å². The lowest BCUT2D eigenvalue weighted by atomic mass is 9.72. The molecule has 4 aliphatic heterocycles. The molecule has 2 N–H and O–H groups in total. The fourth-order valence-electron chi connectivity index (χ4n) is 9.89. The Morgan fingerprint density at radius 3 is 2.43 bits per heavy atom. The number of hydrogen-bond acceptors (Lipinski definition) is 7. The summed E-state index contributed by atoms with van der Waals surface area (Å²) < 4.78 is 2.21. The molecule has 2 saturated carbocycles. The molecule has 10 nitrogen and oxygen atoms in total. The molecule has 0 atom stereocenters. The van der Waals surface area contributed by atoms with Gasteiger partial charge in [-0.25, -0.2) is 9.97 Å². The molecule has 272 valence electrons. The van der Waals surface area contributed by atoms with Crippen molar-refractivity contribution in [3.8, 4) is 11.3 Å². The minimum atomic E-state index is -0.578. The smallest absolute Gasteiger partial charge is 0.238 e. The predicted octanol–water partition coefficient (Wildman–Crippen LogP) is 6.26. The Kier molecular flexibility index (Phi) is 8.41. The number of benzene rings is 1. The Morgan fingerprint density at radius 1 is 0.980 bits per heavy atom. The lowest BCUT2D eigenvalue weighted by Crippen LogP contribution is -2.58. The van der Waals surface area contributed by atoms with Crippen molar-refractivity contribution in [2.45, 2.75) is 127 Å². The molecule has 9 rings (SSSR count). The molecule has 2 aromatic heterocycles. The number of piperidine rings is 3. The predicted molar refractivity (Wildman–Crippen MR) is 202 cm³/mol. The van der Waals surface area contributed by atoms with Crippen LogP contribution in [0.5, 0.6) is 0 Å². The number of nitrogens with zero attached hydrogens (tertiary/aromatic N) is 6. The van der Waals surface area contributed by atoms with Gasteiger partial charge in [-0.05, 0) is 127 Å². The summed E-state index contributed by atoms with van der Waals surface area (Å²) in [5.74, 6) is 1.41. The minimum Gasteiger partial charge on any atom is -0.366 e. The van der Waals surface area contributed by atoms with E-state index in [1.807, 2.05) is 6.33 Å². The lowest BCUT2D eigenvalue weighted by Gasteiger charge is -2.48. The summed E-state index contributed by atoms with van der Waals surface area (Å²) in [6, 6.07) is 10.3. The van der Waals surface area contributed by atoms with Crippen molar-refractivity contribution in [1.29, 1.82) is 0 Å². The van der Waals surface area contributed by atoms with Gasteiger partial charge in [0.25, 0.3) is 0 Å². The highest BCUT2D eigenvalue weighted by atomic mass is 16.2. The SMILES string of the molecule is CC(C)n1cnc2cc(-c3ccc4c(c3)N([C@H]3C[C@@H](N5CCCCC5)C3)C(=O)C43CCN(C(=O)CC4(C)CCNCC4)CC3)nc(NC3CC3)c21. The van der Waals surface area contributed by atoms with E-state index in [0.717, 1.165) is 78.1 Å². The fraction of sp³-hybridized carbons (Fsp3) is 0.659. The van der Waals surface area contributed by atoms with Crippen LogP contribution in [-0.4, -0.2) is 93.5 Å². The van der Waals surface area contributed by atoms with Gasteiger partial charge in [-0.2, -0.15) is 0 Å². The number of aromatic nitrogens is 3. The summed E-state index contributed by atoms with van der Waals surface area (Å²) in [6.07, 6.45) is 14.3. The second kappa shape index (κ2) is 12.9. The van der Waals surface area contributed by atoms with E-state index < -0.39 is 5.41 Å². The number of carbonyl (C=O) groups is 2. The van der Waals surface area contributed by atoms with Crippen LogP contribution < -0.4 is 15.5 Å². The van der Waals surface area contributed by atoms with Crippen molar-refractivity contribution >= 4 is 34.4 Å². The van der Waals surface area contributed by atoms with E-state index >= 15 is 0 Å². The molecular formula is C41H56N8O2. The highest BCUT2D eigenvalue weighted by molar-refractivity contribution is 6.09. The normalized spacial score (nSPS) is 26.2. The van der Waals surface area contributed by atoms with Gasteiger partial charge in [-0.1, -0.05) is 25.5 Å². The first-order valence-corrected chi connectivity index (χ1v) is 20.1. The first-order valence-electron chi connectivity index (χ1n) is 20.1. The molecule has 3 saturated heterocycles. The van der Waals surface area contributed by atoms with Gasteiger partial charge in [-0.15, -0.1) is 0 Å². The molecule has 2 aliphatic carbocycles. The Morgan fingerprint density at radius 2 is 1.73 bits per heavy atom. The second-order valence-corrected chi connectivity index (χ2v) is 17.4.